The number of benzene rings is 1. The van der Waals surface area contributed by atoms with E-state index in [4.69, 9.17) is 4.74 Å². The number of rotatable bonds is 12. The first kappa shape index (κ1) is 25.2. The number of aliphatic hydroxyl groups excluding tert-OH is 1. The van der Waals surface area contributed by atoms with Crippen LogP contribution in [-0.2, 0) is 11.2 Å². The molecule has 0 unspecified atom stereocenters. The summed E-state index contributed by atoms with van der Waals surface area (Å²) in [6, 6.07) is 9.88. The first-order chi connectivity index (χ1) is 15.3. The molecule has 3 heteroatoms. The number of nitrogens with zero attached hydrogens (tertiary/aromatic N) is 1. The minimum Gasteiger partial charge on any atom is -0.392 e. The second kappa shape index (κ2) is 12.2. The van der Waals surface area contributed by atoms with E-state index in [-0.39, 0.29) is 6.10 Å². The summed E-state index contributed by atoms with van der Waals surface area (Å²) in [5.74, 6) is 1.43. The number of aryl methyl sites for hydroxylation is 2. The smallest absolute Gasteiger partial charge is 0.0611 e. The Morgan fingerprint density at radius 3 is 2.62 bits per heavy atom. The Bertz CT molecular complexity index is 758. The van der Waals surface area contributed by atoms with Crippen molar-refractivity contribution >= 4 is 0 Å². The van der Waals surface area contributed by atoms with Crippen molar-refractivity contribution in [1.29, 1.82) is 0 Å². The third-order valence-electron chi connectivity index (χ3n) is 7.38. The molecule has 0 aromatic heterocycles. The molecule has 0 saturated heterocycles. The number of hydrogen-bond donors (Lipinski definition) is 1. The summed E-state index contributed by atoms with van der Waals surface area (Å²) < 4.78 is 5.98. The molecule has 2 aliphatic rings. The summed E-state index contributed by atoms with van der Waals surface area (Å²) in [5, 5.41) is 10.6. The van der Waals surface area contributed by atoms with Crippen molar-refractivity contribution in [2.24, 2.45) is 17.8 Å². The van der Waals surface area contributed by atoms with Gasteiger partial charge in [-0.05, 0) is 84.1 Å². The number of aliphatic hydroxyl groups is 1. The van der Waals surface area contributed by atoms with E-state index in [1.807, 2.05) is 0 Å². The van der Waals surface area contributed by atoms with Gasteiger partial charge in [-0.1, -0.05) is 53.6 Å². The van der Waals surface area contributed by atoms with Gasteiger partial charge in [0.1, 0.15) is 0 Å². The lowest BCUT2D eigenvalue weighted by molar-refractivity contribution is 0.0796. The van der Waals surface area contributed by atoms with Crippen LogP contribution in [0, 0.1) is 24.7 Å². The van der Waals surface area contributed by atoms with E-state index in [2.05, 4.69) is 82.0 Å². The summed E-state index contributed by atoms with van der Waals surface area (Å²) in [6.45, 7) is 13.8. The summed E-state index contributed by atoms with van der Waals surface area (Å²) >= 11 is 0. The van der Waals surface area contributed by atoms with Gasteiger partial charge in [0.2, 0.25) is 0 Å². The number of ether oxygens (including phenoxy) is 1. The molecular weight excluding hydrogens is 394 g/mol. The number of hydrogen-bond acceptors (Lipinski definition) is 3. The van der Waals surface area contributed by atoms with E-state index < -0.39 is 0 Å². The average molecular weight is 440 g/mol. The summed E-state index contributed by atoms with van der Waals surface area (Å²) in [6.07, 6.45) is 12.1. The van der Waals surface area contributed by atoms with Gasteiger partial charge in [0.15, 0.2) is 0 Å². The second-order valence-corrected chi connectivity index (χ2v) is 10.5. The van der Waals surface area contributed by atoms with Crippen molar-refractivity contribution in [1.82, 2.24) is 4.90 Å². The zero-order chi connectivity index (χ0) is 23.1. The standard InChI is InChI=1S/C29H45NO2/c1-21(2)30(22(3)4)14-16-32-15-13-25-18-26-20-29(31)27(28(26)19-25)12-7-6-10-24-11-8-9-23(5)17-24/h7-9,11-12,17-18,21-22,26-29,31H,6,10,13-16,19-20H2,1-5H3/t26-,27+,28-,29+/m0/s1. The van der Waals surface area contributed by atoms with Gasteiger partial charge in [-0.15, -0.1) is 0 Å². The molecule has 2 aliphatic carbocycles. The van der Waals surface area contributed by atoms with Crippen LogP contribution in [0.2, 0.25) is 0 Å². The molecule has 1 aromatic rings. The Kier molecular flexibility index (Phi) is 9.58. The third kappa shape index (κ3) is 7.04. The van der Waals surface area contributed by atoms with Crippen LogP contribution < -0.4 is 0 Å². The molecule has 1 aromatic carbocycles. The quantitative estimate of drug-likeness (QED) is 0.322. The van der Waals surface area contributed by atoms with Gasteiger partial charge >= 0.3 is 0 Å². The molecular formula is C29H45NO2. The zero-order valence-corrected chi connectivity index (χ0v) is 21.0. The molecule has 4 atom stereocenters. The van der Waals surface area contributed by atoms with Crippen LogP contribution in [0.5, 0.6) is 0 Å². The SMILES string of the molecule is Cc1cccc(CCC=C[C@@H]2[C@H]3CC(CCOCCN(C(C)C)C(C)C)=C[C@H]3C[C@H]2O)c1. The van der Waals surface area contributed by atoms with Crippen LogP contribution in [0.4, 0.5) is 0 Å². The first-order valence-electron chi connectivity index (χ1n) is 12.8. The highest BCUT2D eigenvalue weighted by molar-refractivity contribution is 5.23. The molecule has 0 heterocycles. The number of allylic oxidation sites excluding steroid dienone is 2. The molecule has 1 N–H and O–H groups in total. The highest BCUT2D eigenvalue weighted by atomic mass is 16.5. The Morgan fingerprint density at radius 1 is 1.12 bits per heavy atom. The van der Waals surface area contributed by atoms with E-state index in [1.54, 1.807) is 0 Å². The predicted octanol–water partition coefficient (Wildman–Crippen LogP) is 5.95. The minimum atomic E-state index is -0.188. The lowest BCUT2D eigenvalue weighted by Crippen LogP contribution is -2.39. The maximum Gasteiger partial charge on any atom is 0.0611 e. The van der Waals surface area contributed by atoms with Crippen LogP contribution in [0.1, 0.15) is 64.5 Å². The Balaban J connectivity index is 1.39. The molecule has 0 aliphatic heterocycles. The fourth-order valence-corrected chi connectivity index (χ4v) is 5.75. The Labute approximate surface area is 196 Å². The largest absolute Gasteiger partial charge is 0.392 e. The van der Waals surface area contributed by atoms with E-state index in [9.17, 15) is 5.11 Å². The topological polar surface area (TPSA) is 32.7 Å². The van der Waals surface area contributed by atoms with Gasteiger partial charge < -0.3 is 9.84 Å². The van der Waals surface area contributed by atoms with Crippen molar-refractivity contribution in [3.05, 3.63) is 59.2 Å². The van der Waals surface area contributed by atoms with Crippen molar-refractivity contribution in [2.75, 3.05) is 19.8 Å². The van der Waals surface area contributed by atoms with Crippen LogP contribution in [0.25, 0.3) is 0 Å². The fraction of sp³-hybridized carbons (Fsp3) is 0.655. The van der Waals surface area contributed by atoms with Crippen molar-refractivity contribution < 1.29 is 9.84 Å². The van der Waals surface area contributed by atoms with Crippen molar-refractivity contribution in [3.63, 3.8) is 0 Å². The van der Waals surface area contributed by atoms with E-state index in [1.165, 1.54) is 16.7 Å². The molecule has 32 heavy (non-hydrogen) atoms. The Morgan fingerprint density at radius 2 is 1.91 bits per heavy atom. The van der Waals surface area contributed by atoms with Crippen LogP contribution >= 0.6 is 0 Å². The van der Waals surface area contributed by atoms with Crippen LogP contribution in [0.3, 0.4) is 0 Å². The molecule has 3 nitrogen and oxygen atoms in total. The van der Waals surface area contributed by atoms with Gasteiger partial charge in [0.25, 0.3) is 0 Å². The molecule has 1 saturated carbocycles. The van der Waals surface area contributed by atoms with Crippen molar-refractivity contribution in [3.8, 4) is 0 Å². The number of fused-ring (bicyclic) bond motifs is 1. The molecule has 0 amide bonds. The first-order valence-corrected chi connectivity index (χ1v) is 12.8. The molecule has 0 spiro atoms. The maximum atomic E-state index is 10.6. The molecule has 0 radical (unpaired) electrons. The van der Waals surface area contributed by atoms with Gasteiger partial charge in [0, 0.05) is 24.5 Å². The highest BCUT2D eigenvalue weighted by Gasteiger charge is 2.43. The van der Waals surface area contributed by atoms with Gasteiger partial charge in [-0.2, -0.15) is 0 Å². The molecule has 0 bridgehead atoms. The summed E-state index contributed by atoms with van der Waals surface area (Å²) in [4.78, 5) is 2.48. The summed E-state index contributed by atoms with van der Waals surface area (Å²) in [7, 11) is 0. The monoisotopic (exact) mass is 439 g/mol. The minimum absolute atomic E-state index is 0.188. The second-order valence-electron chi connectivity index (χ2n) is 10.5. The van der Waals surface area contributed by atoms with Gasteiger partial charge in [-0.25, -0.2) is 0 Å². The van der Waals surface area contributed by atoms with E-state index in [0.29, 0.717) is 29.8 Å². The van der Waals surface area contributed by atoms with Gasteiger partial charge in [-0.3, -0.25) is 4.90 Å². The molecule has 3 rings (SSSR count). The third-order valence-corrected chi connectivity index (χ3v) is 7.38. The normalized spacial score (nSPS) is 25.5. The molecule has 178 valence electrons. The highest BCUT2D eigenvalue weighted by Crippen LogP contribution is 2.47. The molecule has 1 fully saturated rings. The zero-order valence-electron chi connectivity index (χ0n) is 21.0. The predicted molar refractivity (Wildman–Crippen MR) is 135 cm³/mol. The van der Waals surface area contributed by atoms with Crippen LogP contribution in [-0.4, -0.2) is 48.0 Å². The van der Waals surface area contributed by atoms with E-state index >= 15 is 0 Å². The summed E-state index contributed by atoms with van der Waals surface area (Å²) in [5.41, 5.74) is 4.26. The fourth-order valence-electron chi connectivity index (χ4n) is 5.75. The van der Waals surface area contributed by atoms with E-state index in [0.717, 1.165) is 51.9 Å². The Hall–Kier alpha value is -1.42. The van der Waals surface area contributed by atoms with Gasteiger partial charge in [0.05, 0.1) is 19.3 Å². The maximum absolute atomic E-state index is 10.6. The van der Waals surface area contributed by atoms with Crippen LogP contribution in [0.15, 0.2) is 48.1 Å². The lowest BCUT2D eigenvalue weighted by Gasteiger charge is -2.30. The average Bonchev–Trinajstić information content (AvgIpc) is 3.24. The lowest BCUT2D eigenvalue weighted by atomic mass is 9.89. The van der Waals surface area contributed by atoms with Crippen molar-refractivity contribution in [2.45, 2.75) is 84.9 Å².